The number of nitrogens with zero attached hydrogens (tertiary/aromatic N) is 3. The van der Waals surface area contributed by atoms with Crippen molar-refractivity contribution in [2.75, 3.05) is 5.32 Å². The van der Waals surface area contributed by atoms with Gasteiger partial charge in [-0.05, 0) is 55.0 Å². The van der Waals surface area contributed by atoms with Crippen molar-refractivity contribution in [1.82, 2.24) is 19.5 Å². The first kappa shape index (κ1) is 22.9. The number of ketones is 1. The van der Waals surface area contributed by atoms with Crippen LogP contribution in [-0.4, -0.2) is 25.3 Å². The van der Waals surface area contributed by atoms with Crippen LogP contribution in [0.15, 0.2) is 76.4 Å². The maximum absolute atomic E-state index is 12.4. The topological polar surface area (TPSA) is 119 Å². The minimum absolute atomic E-state index is 0.0166. The number of pyridine rings is 1. The number of Topliss-reactive ketones (excluding diaryl/α,β-unsaturated/α-hetero) is 1. The molecule has 172 valence electrons. The van der Waals surface area contributed by atoms with Crippen LogP contribution < -0.4 is 21.4 Å². The number of carbonyl (C=O) groups excluding carboxylic acids is 1. The van der Waals surface area contributed by atoms with E-state index in [1.54, 1.807) is 66.9 Å². The van der Waals surface area contributed by atoms with Gasteiger partial charge >= 0.3 is 11.4 Å². The quantitative estimate of drug-likeness (QED) is 0.397. The van der Waals surface area contributed by atoms with Gasteiger partial charge < -0.3 is 10.1 Å². The van der Waals surface area contributed by atoms with Crippen LogP contribution in [-0.2, 0) is 17.8 Å². The maximum atomic E-state index is 12.4. The number of ether oxygens (including phenoxy) is 1. The van der Waals surface area contributed by atoms with Gasteiger partial charge in [0.05, 0.1) is 12.2 Å². The summed E-state index contributed by atoms with van der Waals surface area (Å²) in [7, 11) is 0. The summed E-state index contributed by atoms with van der Waals surface area (Å²) in [4.78, 5) is 45.8. The number of anilines is 2. The summed E-state index contributed by atoms with van der Waals surface area (Å²) in [5, 5.41) is 3.59. The van der Waals surface area contributed by atoms with Gasteiger partial charge in [0.15, 0.2) is 0 Å². The van der Waals surface area contributed by atoms with Crippen LogP contribution in [0.1, 0.15) is 18.2 Å². The molecule has 34 heavy (non-hydrogen) atoms. The second-order valence-corrected chi connectivity index (χ2v) is 7.93. The molecule has 0 atom stereocenters. The van der Waals surface area contributed by atoms with Gasteiger partial charge in [-0.1, -0.05) is 23.7 Å². The second kappa shape index (κ2) is 10.1. The molecule has 0 radical (unpaired) electrons. The van der Waals surface area contributed by atoms with Crippen LogP contribution in [0.2, 0.25) is 5.02 Å². The zero-order valence-electron chi connectivity index (χ0n) is 18.1. The lowest BCUT2D eigenvalue weighted by Crippen LogP contribution is -2.34. The fraction of sp³-hybridized carbons (Fsp3) is 0.125. The average molecular weight is 478 g/mol. The molecule has 0 bridgehead atoms. The Hall–Kier alpha value is -4.24. The fourth-order valence-corrected chi connectivity index (χ4v) is 3.32. The van der Waals surface area contributed by atoms with E-state index in [1.807, 2.05) is 0 Å². The molecule has 0 amide bonds. The van der Waals surface area contributed by atoms with Gasteiger partial charge in [0.1, 0.15) is 17.3 Å². The van der Waals surface area contributed by atoms with E-state index in [9.17, 15) is 14.4 Å². The van der Waals surface area contributed by atoms with Crippen LogP contribution in [0.25, 0.3) is 0 Å². The molecule has 0 spiro atoms. The molecule has 0 aliphatic rings. The molecule has 4 aromatic rings. The smallest absolute Gasteiger partial charge is 0.352 e. The van der Waals surface area contributed by atoms with Crippen molar-refractivity contribution in [2.45, 2.75) is 19.9 Å². The van der Waals surface area contributed by atoms with Crippen molar-refractivity contribution < 1.29 is 9.53 Å². The number of aromatic amines is 1. The van der Waals surface area contributed by atoms with Gasteiger partial charge in [-0.2, -0.15) is 4.98 Å². The molecule has 4 rings (SSSR count). The normalized spacial score (nSPS) is 10.6. The summed E-state index contributed by atoms with van der Waals surface area (Å²) >= 11 is 5.93. The zero-order valence-corrected chi connectivity index (χ0v) is 18.9. The molecule has 10 heteroatoms. The summed E-state index contributed by atoms with van der Waals surface area (Å²) in [5.41, 5.74) is 0.702. The van der Waals surface area contributed by atoms with Gasteiger partial charge in [0.2, 0.25) is 5.95 Å². The Labute approximate surface area is 199 Å². The lowest BCUT2D eigenvalue weighted by Gasteiger charge is -2.13. The van der Waals surface area contributed by atoms with E-state index in [4.69, 9.17) is 16.3 Å². The third-order valence-corrected chi connectivity index (χ3v) is 4.99. The van der Waals surface area contributed by atoms with Crippen LogP contribution in [0, 0.1) is 0 Å². The monoisotopic (exact) mass is 477 g/mol. The first-order chi connectivity index (χ1) is 16.4. The fourth-order valence-electron chi connectivity index (χ4n) is 3.20. The van der Waals surface area contributed by atoms with Crippen molar-refractivity contribution >= 4 is 29.0 Å². The molecule has 0 saturated carbocycles. The third kappa shape index (κ3) is 5.96. The first-order valence-corrected chi connectivity index (χ1v) is 10.7. The molecule has 2 aromatic carbocycles. The lowest BCUT2D eigenvalue weighted by molar-refractivity contribution is -0.116. The van der Waals surface area contributed by atoms with Gasteiger partial charge in [0.25, 0.3) is 0 Å². The molecule has 2 aromatic heterocycles. The Bertz CT molecular complexity index is 1430. The van der Waals surface area contributed by atoms with Crippen LogP contribution in [0.5, 0.6) is 11.5 Å². The standard InChI is InChI=1S/C24H20ClN5O4/c1-15(31)12-19-13-21(10-11-26-19)34-20-8-6-18(7-9-20)27-22-28-23(32)29-24(33)30(22)14-16-2-4-17(25)5-3-16/h2-11,13H,12,14H2,1H3,(H2,27,28,29,32,33). The summed E-state index contributed by atoms with van der Waals surface area (Å²) in [6.45, 7) is 1.69. The third-order valence-electron chi connectivity index (χ3n) is 4.74. The minimum Gasteiger partial charge on any atom is -0.457 e. The molecule has 2 N–H and O–H groups in total. The van der Waals surface area contributed by atoms with Gasteiger partial charge in [0, 0.05) is 29.4 Å². The predicted molar refractivity (Wildman–Crippen MR) is 128 cm³/mol. The van der Waals surface area contributed by atoms with Crippen LogP contribution >= 0.6 is 11.6 Å². The summed E-state index contributed by atoms with van der Waals surface area (Å²) in [5.74, 6) is 1.23. The Balaban J connectivity index is 1.52. The molecule has 0 fully saturated rings. The van der Waals surface area contributed by atoms with Gasteiger partial charge in [-0.15, -0.1) is 0 Å². The van der Waals surface area contributed by atoms with E-state index < -0.39 is 11.4 Å². The lowest BCUT2D eigenvalue weighted by atomic mass is 10.2. The van der Waals surface area contributed by atoms with E-state index in [1.165, 1.54) is 11.5 Å². The highest BCUT2D eigenvalue weighted by atomic mass is 35.5. The number of hydrogen-bond acceptors (Lipinski definition) is 7. The summed E-state index contributed by atoms with van der Waals surface area (Å²) < 4.78 is 7.16. The Kier molecular flexibility index (Phi) is 6.84. The van der Waals surface area contributed by atoms with Crippen molar-refractivity contribution in [3.05, 3.63) is 104 Å². The largest absolute Gasteiger partial charge is 0.457 e. The minimum atomic E-state index is -0.751. The Morgan fingerprint density at radius 1 is 1.06 bits per heavy atom. The molecule has 0 unspecified atom stereocenters. The SMILES string of the molecule is CC(=O)Cc1cc(Oc2ccc(Nc3nc(=O)[nH]c(=O)n3Cc3ccc(Cl)cc3)cc2)ccn1. The van der Waals surface area contributed by atoms with Crippen molar-refractivity contribution in [3.63, 3.8) is 0 Å². The number of carbonyl (C=O) groups is 1. The number of hydrogen-bond donors (Lipinski definition) is 2. The molecule has 0 aliphatic carbocycles. The van der Waals surface area contributed by atoms with Crippen molar-refractivity contribution in [2.24, 2.45) is 0 Å². The van der Waals surface area contributed by atoms with Crippen LogP contribution in [0.3, 0.4) is 0 Å². The number of rotatable bonds is 8. The van der Waals surface area contributed by atoms with Gasteiger partial charge in [-0.25, -0.2) is 9.59 Å². The van der Waals surface area contributed by atoms with Crippen molar-refractivity contribution in [3.8, 4) is 11.5 Å². The summed E-state index contributed by atoms with van der Waals surface area (Å²) in [6, 6.07) is 17.3. The maximum Gasteiger partial charge on any atom is 0.352 e. The van der Waals surface area contributed by atoms with E-state index in [0.717, 1.165) is 5.56 Å². The van der Waals surface area contributed by atoms with Gasteiger partial charge in [-0.3, -0.25) is 19.3 Å². The molecule has 0 aliphatic heterocycles. The number of nitrogens with one attached hydrogen (secondary N) is 2. The van der Waals surface area contributed by atoms with E-state index >= 15 is 0 Å². The van der Waals surface area contributed by atoms with Crippen LogP contribution in [0.4, 0.5) is 11.6 Å². The number of halogens is 1. The Morgan fingerprint density at radius 3 is 2.50 bits per heavy atom. The number of benzene rings is 2. The van der Waals surface area contributed by atoms with E-state index in [-0.39, 0.29) is 24.7 Å². The highest BCUT2D eigenvalue weighted by Gasteiger charge is 2.10. The molecule has 0 saturated heterocycles. The van der Waals surface area contributed by atoms with E-state index in [2.05, 4.69) is 20.3 Å². The van der Waals surface area contributed by atoms with E-state index in [0.29, 0.717) is 27.9 Å². The molecular weight excluding hydrogens is 458 g/mol. The first-order valence-electron chi connectivity index (χ1n) is 10.3. The highest BCUT2D eigenvalue weighted by Crippen LogP contribution is 2.24. The number of aromatic nitrogens is 4. The molecule has 2 heterocycles. The van der Waals surface area contributed by atoms with Crippen molar-refractivity contribution in [1.29, 1.82) is 0 Å². The molecule has 9 nitrogen and oxygen atoms in total. The highest BCUT2D eigenvalue weighted by molar-refractivity contribution is 6.30. The second-order valence-electron chi connectivity index (χ2n) is 7.50. The Morgan fingerprint density at radius 2 is 1.79 bits per heavy atom. The zero-order chi connectivity index (χ0) is 24.1. The molecular formula is C24H20ClN5O4. The predicted octanol–water partition coefficient (Wildman–Crippen LogP) is 3.70. The number of H-pyrrole nitrogens is 1. The average Bonchev–Trinajstić information content (AvgIpc) is 2.78. The summed E-state index contributed by atoms with van der Waals surface area (Å²) in [6.07, 6.45) is 1.82.